The molecule has 6 heavy (non-hydrogen) atoms. The molecule has 0 spiro atoms. The average molecular weight is 156 g/mol. The van der Waals surface area contributed by atoms with Crippen molar-refractivity contribution in [1.29, 1.82) is 0 Å². The molecule has 32 valence electrons. The van der Waals surface area contributed by atoms with Crippen molar-refractivity contribution in [3.63, 3.8) is 0 Å². The molecule has 0 aromatic heterocycles. The molecular weight excluding hydrogens is 149 g/mol. The third kappa shape index (κ3) is 211. The van der Waals surface area contributed by atoms with Crippen LogP contribution in [-0.2, 0) is 21.4 Å². The van der Waals surface area contributed by atoms with Crippen LogP contribution in [0.2, 0.25) is 0 Å². The molecule has 0 aromatic carbocycles. The molecule has 0 amide bonds. The maximum atomic E-state index is 9.44. The van der Waals surface area contributed by atoms with Gasteiger partial charge in [0.05, 0.1) is 0 Å². The fraction of sp³-hybridized carbons (Fsp3) is 0.667. The van der Waals surface area contributed by atoms with E-state index in [1.807, 2.05) is 0 Å². The zero-order chi connectivity index (χ0) is 5.58. The predicted octanol–water partition coefficient (Wildman–Crippen LogP) is 1.24. The minimum atomic E-state index is 0.167. The van der Waals surface area contributed by atoms with Crippen molar-refractivity contribution in [2.45, 2.75) is 13.8 Å². The van der Waals surface area contributed by atoms with Gasteiger partial charge in [-0.1, -0.05) is 0 Å². The summed E-state index contributed by atoms with van der Waals surface area (Å²) in [6.07, 6.45) is 0. The van der Waals surface area contributed by atoms with E-state index in [-0.39, 0.29) is 5.78 Å². The molecular formula is C3H6OSZn. The molecule has 0 rings (SSSR count). The molecule has 0 atom stereocenters. The second-order valence-electron chi connectivity index (χ2n) is 0.908. The van der Waals surface area contributed by atoms with E-state index in [9.17, 15) is 4.79 Å². The van der Waals surface area contributed by atoms with Crippen LogP contribution < -0.4 is 0 Å². The van der Waals surface area contributed by atoms with Crippen molar-refractivity contribution in [2.75, 3.05) is 0 Å². The van der Waals surface area contributed by atoms with Crippen molar-refractivity contribution < 1.29 is 21.4 Å². The topological polar surface area (TPSA) is 17.1 Å². The van der Waals surface area contributed by atoms with Crippen LogP contribution in [0.5, 0.6) is 0 Å². The fourth-order valence-corrected chi connectivity index (χ4v) is 0. The van der Waals surface area contributed by atoms with Crippen LogP contribution in [0.15, 0.2) is 0 Å². The normalized spacial score (nSPS) is 5.33. The van der Waals surface area contributed by atoms with E-state index in [2.05, 4.69) is 10.1 Å². The van der Waals surface area contributed by atoms with Gasteiger partial charge < -0.3 is 4.79 Å². The third-order valence-corrected chi connectivity index (χ3v) is 0. The van der Waals surface area contributed by atoms with Crippen molar-refractivity contribution in [3.8, 4) is 0 Å². The monoisotopic (exact) mass is 154 g/mol. The van der Waals surface area contributed by atoms with Crippen LogP contribution >= 0.6 is 10.1 Å². The Morgan fingerprint density at radius 1 is 1.50 bits per heavy atom. The molecule has 0 fully saturated rings. The zero-order valence-corrected chi connectivity index (χ0v) is 7.81. The van der Waals surface area contributed by atoms with E-state index in [1.165, 1.54) is 13.8 Å². The molecule has 0 aliphatic heterocycles. The second-order valence-corrected chi connectivity index (χ2v) is 0.908. The third-order valence-electron chi connectivity index (χ3n) is 0. The van der Waals surface area contributed by atoms with E-state index >= 15 is 0 Å². The molecule has 0 radical (unpaired) electrons. The number of rotatable bonds is 0. The standard InChI is InChI=1S/C3H6O.S.Zn/c1-3(2)4;;/h1-2H3;;. The SMILES string of the molecule is CC(C)=O.[S]=[Zn]. The van der Waals surface area contributed by atoms with E-state index in [0.29, 0.717) is 0 Å². The number of carbonyl (C=O) groups is 1. The van der Waals surface area contributed by atoms with Crippen molar-refractivity contribution in [2.24, 2.45) is 0 Å². The number of hydrogen-bond acceptors (Lipinski definition) is 2. The van der Waals surface area contributed by atoms with Gasteiger partial charge in [0.15, 0.2) is 0 Å². The van der Waals surface area contributed by atoms with Crippen LogP contribution in [0.3, 0.4) is 0 Å². The molecule has 0 heterocycles. The van der Waals surface area contributed by atoms with Gasteiger partial charge in [-0.25, -0.2) is 0 Å². The Morgan fingerprint density at radius 2 is 1.50 bits per heavy atom. The van der Waals surface area contributed by atoms with E-state index in [4.69, 9.17) is 0 Å². The second kappa shape index (κ2) is 9.10. The van der Waals surface area contributed by atoms with Gasteiger partial charge in [-0.3, -0.25) is 0 Å². The van der Waals surface area contributed by atoms with Gasteiger partial charge in [-0.05, 0) is 13.8 Å². The summed E-state index contributed by atoms with van der Waals surface area (Å²) in [5.74, 6) is 0.167. The molecule has 0 N–H and O–H groups in total. The van der Waals surface area contributed by atoms with E-state index in [1.54, 1.807) is 0 Å². The van der Waals surface area contributed by atoms with Gasteiger partial charge in [-0.2, -0.15) is 0 Å². The van der Waals surface area contributed by atoms with Gasteiger partial charge in [0, 0.05) is 0 Å². The number of hydrogen-bond donors (Lipinski definition) is 0. The Kier molecular flexibility index (Phi) is 14.7. The summed E-state index contributed by atoms with van der Waals surface area (Å²) < 4.78 is 0. The molecule has 0 aliphatic rings. The summed E-state index contributed by atoms with van der Waals surface area (Å²) in [5, 5.41) is 0. The predicted molar refractivity (Wildman–Crippen MR) is 23.9 cm³/mol. The fourth-order valence-electron chi connectivity index (χ4n) is 0. The number of Topliss-reactive ketones (excluding diaryl/α,β-unsaturated/α-hetero) is 1. The molecule has 1 nitrogen and oxygen atoms in total. The Morgan fingerprint density at radius 3 is 1.50 bits per heavy atom. The molecule has 0 saturated heterocycles. The zero-order valence-electron chi connectivity index (χ0n) is 4.02. The Bertz CT molecular complexity index is 42.1. The number of ketones is 1. The van der Waals surface area contributed by atoms with Gasteiger partial charge in [-0.15, -0.1) is 0 Å². The summed E-state index contributed by atoms with van der Waals surface area (Å²) in [5.41, 5.74) is 0. The van der Waals surface area contributed by atoms with E-state index in [0.717, 1.165) is 16.6 Å². The Labute approximate surface area is 51.4 Å². The first-order valence-electron chi connectivity index (χ1n) is 1.49. The molecule has 0 aliphatic carbocycles. The van der Waals surface area contributed by atoms with Gasteiger partial charge >= 0.3 is 26.7 Å². The van der Waals surface area contributed by atoms with Gasteiger partial charge in [0.1, 0.15) is 5.78 Å². The van der Waals surface area contributed by atoms with Crippen molar-refractivity contribution in [1.82, 2.24) is 0 Å². The Hall–Kier alpha value is 0.513. The summed E-state index contributed by atoms with van der Waals surface area (Å²) in [4.78, 5) is 9.44. The maximum absolute atomic E-state index is 9.44. The van der Waals surface area contributed by atoms with E-state index < -0.39 is 0 Å². The summed E-state index contributed by atoms with van der Waals surface area (Å²) in [6.45, 7) is 3.06. The molecule has 0 bridgehead atoms. The first kappa shape index (κ1) is 9.72. The van der Waals surface area contributed by atoms with Crippen molar-refractivity contribution >= 4 is 15.9 Å². The minimum absolute atomic E-state index is 0.167. The first-order chi connectivity index (χ1) is 2.73. The summed E-state index contributed by atoms with van der Waals surface area (Å²) in [7, 11) is 4.21. The summed E-state index contributed by atoms with van der Waals surface area (Å²) >= 11 is 0.958. The van der Waals surface area contributed by atoms with Crippen LogP contribution in [0.25, 0.3) is 0 Å². The van der Waals surface area contributed by atoms with Gasteiger partial charge in [0.25, 0.3) is 0 Å². The van der Waals surface area contributed by atoms with Gasteiger partial charge in [0.2, 0.25) is 0 Å². The van der Waals surface area contributed by atoms with Crippen LogP contribution in [0, 0.1) is 0 Å². The average Bonchev–Trinajstić information content (AvgIpc) is 1.41. The van der Waals surface area contributed by atoms with Crippen LogP contribution in [-0.4, -0.2) is 5.78 Å². The van der Waals surface area contributed by atoms with Crippen molar-refractivity contribution in [3.05, 3.63) is 0 Å². The van der Waals surface area contributed by atoms with Crippen LogP contribution in [0.4, 0.5) is 0 Å². The first-order valence-corrected chi connectivity index (χ1v) is 5.70. The molecule has 3 heteroatoms. The van der Waals surface area contributed by atoms with Crippen LogP contribution in [0.1, 0.15) is 13.8 Å². The Balaban J connectivity index is 0. The molecule has 0 aromatic rings. The number of carbonyl (C=O) groups excluding carboxylic acids is 1. The molecule has 0 saturated carbocycles. The quantitative estimate of drug-likeness (QED) is 0.490. The summed E-state index contributed by atoms with van der Waals surface area (Å²) in [6, 6.07) is 0. The molecule has 0 unspecified atom stereocenters.